The van der Waals surface area contributed by atoms with Crippen LogP contribution in [0, 0.1) is 0 Å². The van der Waals surface area contributed by atoms with Gasteiger partial charge in [0, 0.05) is 6.04 Å². The van der Waals surface area contributed by atoms with E-state index in [4.69, 9.17) is 5.53 Å². The largest absolute Gasteiger partial charge is 0.497 e. The molecule has 0 aromatic carbocycles. The Kier molecular flexibility index (Phi) is 2.90. The molecule has 1 rings (SSSR count). The lowest BCUT2D eigenvalue weighted by atomic mass is 10.4. The Morgan fingerprint density at radius 3 is 2.71 bits per heavy atom. The van der Waals surface area contributed by atoms with Crippen molar-refractivity contribution in [3.8, 4) is 0 Å². The molecule has 0 aromatic heterocycles. The van der Waals surface area contributed by atoms with Gasteiger partial charge in [0.1, 0.15) is 0 Å². The van der Waals surface area contributed by atoms with Crippen LogP contribution >= 0.6 is 0 Å². The fourth-order valence-electron chi connectivity index (χ4n) is 0.873. The summed E-state index contributed by atoms with van der Waals surface area (Å²) < 4.78 is 25.3. The highest BCUT2D eigenvalue weighted by atomic mass is 32.2. The third-order valence-corrected chi connectivity index (χ3v) is 2.87. The number of amidine groups is 1. The van der Waals surface area contributed by atoms with E-state index >= 15 is 0 Å². The van der Waals surface area contributed by atoms with Crippen LogP contribution in [0.3, 0.4) is 0 Å². The maximum absolute atomic E-state index is 11.5. The van der Waals surface area contributed by atoms with Crippen LogP contribution in [-0.2, 0) is 10.0 Å². The summed E-state index contributed by atoms with van der Waals surface area (Å²) in [5, 5.41) is -0.367. The summed E-state index contributed by atoms with van der Waals surface area (Å²) in [6, 6.07) is -0.261. The van der Waals surface area contributed by atoms with E-state index in [0.29, 0.717) is 0 Å². The minimum Gasteiger partial charge on any atom is -0.497 e. The normalized spacial score (nSPS) is 15.9. The molecule has 0 saturated heterocycles. The van der Waals surface area contributed by atoms with E-state index < -0.39 is 10.0 Å². The predicted octanol–water partition coefficient (Wildman–Crippen LogP) is -0.617. The van der Waals surface area contributed by atoms with E-state index in [0.717, 1.165) is 6.34 Å². The van der Waals surface area contributed by atoms with E-state index in [1.54, 1.807) is 13.8 Å². The molecule has 0 bridgehead atoms. The molecule has 8 heteroatoms. The van der Waals surface area contributed by atoms with Crippen molar-refractivity contribution in [2.75, 3.05) is 0 Å². The number of hydrogen-bond donors (Lipinski definition) is 1. The number of rotatable bonds is 2. The molecule has 76 valence electrons. The quantitative estimate of drug-likeness (QED) is 0.489. The van der Waals surface area contributed by atoms with Crippen molar-refractivity contribution in [3.63, 3.8) is 0 Å². The number of nitrogens with zero attached hydrogens (tertiary/aromatic N) is 4. The first-order valence-electron chi connectivity index (χ1n) is 3.82. The van der Waals surface area contributed by atoms with Crippen LogP contribution in [0.5, 0.6) is 0 Å². The second-order valence-electron chi connectivity index (χ2n) is 2.88. The molecule has 0 aromatic rings. The molecule has 1 N–H and O–H groups in total. The molecule has 1 aliphatic rings. The van der Waals surface area contributed by atoms with E-state index in [2.05, 4.69) is 19.5 Å². The molecule has 0 aliphatic carbocycles. The summed E-state index contributed by atoms with van der Waals surface area (Å²) >= 11 is 0. The number of nitrogens with one attached hydrogen (secondary N) is 1. The lowest BCUT2D eigenvalue weighted by Crippen LogP contribution is -2.38. The number of hydrogen-bond acceptors (Lipinski definition) is 3. The molecule has 0 radical (unpaired) electrons. The number of sulfonamides is 1. The van der Waals surface area contributed by atoms with Gasteiger partial charge in [-0.15, -0.1) is 0 Å². The summed E-state index contributed by atoms with van der Waals surface area (Å²) in [5.41, 5.74) is 8.44. The molecule has 7 nitrogen and oxygen atoms in total. The highest BCUT2D eigenvalue weighted by molar-refractivity contribution is 8.06. The first kappa shape index (κ1) is 10.7. The van der Waals surface area contributed by atoms with Gasteiger partial charge in [-0.25, -0.2) is 13.1 Å². The monoisotopic (exact) mass is 215 g/mol. The van der Waals surface area contributed by atoms with Crippen molar-refractivity contribution in [2.24, 2.45) is 9.98 Å². The minimum atomic E-state index is -3.74. The van der Waals surface area contributed by atoms with Gasteiger partial charge in [0.25, 0.3) is 15.1 Å². The van der Waals surface area contributed by atoms with Gasteiger partial charge in [-0.2, -0.15) is 4.99 Å². The van der Waals surface area contributed by atoms with Gasteiger partial charge in [-0.3, -0.25) is 0 Å². The van der Waals surface area contributed by atoms with Crippen molar-refractivity contribution in [3.05, 3.63) is 5.53 Å². The lowest BCUT2D eigenvalue weighted by molar-refractivity contribution is -0.00254. The molecule has 1 aliphatic heterocycles. The van der Waals surface area contributed by atoms with Gasteiger partial charge < -0.3 is 10.3 Å². The highest BCUT2D eigenvalue weighted by Crippen LogP contribution is 2.00. The Hall–Kier alpha value is -1.37. The first-order chi connectivity index (χ1) is 6.47. The highest BCUT2D eigenvalue weighted by Gasteiger charge is 2.34. The zero-order chi connectivity index (χ0) is 10.8. The summed E-state index contributed by atoms with van der Waals surface area (Å²) in [5.74, 6) is -0.307. The fourth-order valence-corrected chi connectivity index (χ4v) is 2.13. The molecule has 14 heavy (non-hydrogen) atoms. The van der Waals surface area contributed by atoms with Gasteiger partial charge >= 0.3 is 5.84 Å². The zero-order valence-corrected chi connectivity index (χ0v) is 8.48. The van der Waals surface area contributed by atoms with E-state index in [-0.39, 0.29) is 16.9 Å². The zero-order valence-electron chi connectivity index (χ0n) is 7.67. The van der Waals surface area contributed by atoms with Crippen molar-refractivity contribution < 1.29 is 13.2 Å². The predicted molar refractivity (Wildman–Crippen MR) is 51.7 cm³/mol. The van der Waals surface area contributed by atoms with Crippen molar-refractivity contribution >= 4 is 27.2 Å². The smallest absolute Gasteiger partial charge is 0.442 e. The minimum absolute atomic E-state index is 0.261. The average molecular weight is 215 g/mol. The Bertz CT molecular complexity index is 441. The van der Waals surface area contributed by atoms with Gasteiger partial charge in [0.2, 0.25) is 6.34 Å². The maximum atomic E-state index is 11.5. The van der Waals surface area contributed by atoms with Crippen LogP contribution in [0.1, 0.15) is 13.8 Å². The van der Waals surface area contributed by atoms with Crippen LogP contribution in [0.4, 0.5) is 0 Å². The van der Waals surface area contributed by atoms with Gasteiger partial charge in [-0.05, 0) is 18.8 Å². The SMILES string of the molecule is CC(C)NS(=O)(=O)C1=NC=NC1=[N+]=[N-]. The van der Waals surface area contributed by atoms with Crippen molar-refractivity contribution in [1.82, 2.24) is 4.72 Å². The molecular weight excluding hydrogens is 206 g/mol. The summed E-state index contributed by atoms with van der Waals surface area (Å²) in [4.78, 5) is 9.67. The fraction of sp³-hybridized carbons (Fsp3) is 0.500. The third kappa shape index (κ3) is 2.11. The standard InChI is InChI=1S/C6H9N5O2S/c1-4(2)11-14(12,13)6-5(10-7)8-3-9-6/h3-4,11H,1-2H3. The van der Waals surface area contributed by atoms with Crippen molar-refractivity contribution in [1.29, 1.82) is 0 Å². The van der Waals surface area contributed by atoms with Gasteiger partial charge in [0.15, 0.2) is 0 Å². The van der Waals surface area contributed by atoms with Crippen LogP contribution in [0.15, 0.2) is 9.98 Å². The Balaban J connectivity index is 3.02. The Morgan fingerprint density at radius 1 is 1.57 bits per heavy atom. The molecule has 0 unspecified atom stereocenters. The summed E-state index contributed by atoms with van der Waals surface area (Å²) in [7, 11) is -3.74. The van der Waals surface area contributed by atoms with Gasteiger partial charge in [-0.1, -0.05) is 0 Å². The van der Waals surface area contributed by atoms with Crippen LogP contribution < -0.4 is 4.72 Å². The van der Waals surface area contributed by atoms with Crippen molar-refractivity contribution in [2.45, 2.75) is 19.9 Å². The second kappa shape index (κ2) is 3.79. The third-order valence-electron chi connectivity index (χ3n) is 1.29. The molecule has 0 amide bonds. The van der Waals surface area contributed by atoms with Gasteiger partial charge in [0.05, 0.1) is 0 Å². The molecule has 1 heterocycles. The van der Waals surface area contributed by atoms with E-state index in [1.807, 2.05) is 0 Å². The molecule has 0 atom stereocenters. The van der Waals surface area contributed by atoms with Crippen LogP contribution in [0.2, 0.25) is 0 Å². The summed E-state index contributed by atoms with van der Waals surface area (Å²) in [6.07, 6.45) is 1.02. The topological polar surface area (TPSA) is 107 Å². The van der Waals surface area contributed by atoms with Crippen LogP contribution in [0.25, 0.3) is 5.53 Å². The van der Waals surface area contributed by atoms with Crippen LogP contribution in [-0.4, -0.2) is 36.5 Å². The number of aliphatic imine (C=N–C) groups is 2. The maximum Gasteiger partial charge on any atom is 0.442 e. The molecule has 0 spiro atoms. The first-order valence-corrected chi connectivity index (χ1v) is 5.31. The molecular formula is C6H9N5O2S. The van der Waals surface area contributed by atoms with E-state index in [1.165, 1.54) is 0 Å². The Labute approximate surface area is 81.2 Å². The molecule has 0 fully saturated rings. The average Bonchev–Trinajstić information content (AvgIpc) is 2.48. The summed E-state index contributed by atoms with van der Waals surface area (Å²) in [6.45, 7) is 3.34. The second-order valence-corrected chi connectivity index (χ2v) is 4.51. The lowest BCUT2D eigenvalue weighted by Gasteiger charge is -2.05. The van der Waals surface area contributed by atoms with E-state index in [9.17, 15) is 8.42 Å². The molecule has 0 saturated carbocycles. The Morgan fingerprint density at radius 2 is 2.21 bits per heavy atom.